The molecule has 4 heterocycles. The molecule has 0 amide bonds. The quantitative estimate of drug-likeness (QED) is 0.418. The number of aromatic nitrogens is 4. The number of aryl methyl sites for hydroxylation is 1. The van der Waals surface area contributed by atoms with E-state index < -0.39 is 5.60 Å². The summed E-state index contributed by atoms with van der Waals surface area (Å²) in [6.45, 7) is 10.4. The summed E-state index contributed by atoms with van der Waals surface area (Å²) in [5, 5.41) is 3.49. The second-order valence-electron chi connectivity index (χ2n) is 9.68. The van der Waals surface area contributed by atoms with Crippen LogP contribution in [0.25, 0.3) is 27.7 Å². The number of morpholine rings is 1. The highest BCUT2D eigenvalue weighted by molar-refractivity contribution is 5.84. The summed E-state index contributed by atoms with van der Waals surface area (Å²) >= 11 is 0. The summed E-state index contributed by atoms with van der Waals surface area (Å²) in [5.41, 5.74) is 11.3. The van der Waals surface area contributed by atoms with Crippen molar-refractivity contribution >= 4 is 16.6 Å². The monoisotopic (exact) mass is 474 g/mol. The molecule has 8 heteroatoms. The molecule has 5 rings (SSSR count). The van der Waals surface area contributed by atoms with Crippen LogP contribution in [0.4, 0.5) is 0 Å². The first-order valence-electron chi connectivity index (χ1n) is 12.4. The molecule has 1 unspecified atom stereocenters. The number of hydrogen-bond acceptors (Lipinski definition) is 7. The number of fused-ring (bicyclic) bond motifs is 3. The van der Waals surface area contributed by atoms with Crippen molar-refractivity contribution in [3.63, 3.8) is 0 Å². The first-order chi connectivity index (χ1) is 16.9. The van der Waals surface area contributed by atoms with Crippen LogP contribution in [-0.4, -0.2) is 51.2 Å². The van der Waals surface area contributed by atoms with Gasteiger partial charge in [0.15, 0.2) is 0 Å². The number of benzene rings is 1. The van der Waals surface area contributed by atoms with Gasteiger partial charge in [-0.3, -0.25) is 9.38 Å². The second kappa shape index (κ2) is 9.53. The summed E-state index contributed by atoms with van der Waals surface area (Å²) in [5.74, 6) is 1.50. The van der Waals surface area contributed by atoms with E-state index in [0.29, 0.717) is 19.0 Å². The van der Waals surface area contributed by atoms with Crippen LogP contribution in [0.15, 0.2) is 42.7 Å². The van der Waals surface area contributed by atoms with Crippen molar-refractivity contribution in [2.75, 3.05) is 19.7 Å². The Morgan fingerprint density at radius 1 is 1.20 bits per heavy atom. The predicted molar refractivity (Wildman–Crippen MR) is 138 cm³/mol. The molecule has 1 aliphatic heterocycles. The maximum atomic E-state index is 6.41. The molecule has 1 aliphatic rings. The van der Waals surface area contributed by atoms with E-state index in [2.05, 4.69) is 47.6 Å². The van der Waals surface area contributed by atoms with Gasteiger partial charge in [-0.05, 0) is 57.4 Å². The van der Waals surface area contributed by atoms with Gasteiger partial charge in [0.25, 0.3) is 0 Å². The maximum absolute atomic E-state index is 6.41. The Balaban J connectivity index is 1.51. The third-order valence-electron chi connectivity index (χ3n) is 6.80. The number of imidazole rings is 1. The fraction of sp³-hybridized carbons (Fsp3) is 0.444. The highest BCUT2D eigenvalue weighted by atomic mass is 16.5. The van der Waals surface area contributed by atoms with Crippen molar-refractivity contribution in [2.45, 2.75) is 58.3 Å². The van der Waals surface area contributed by atoms with Gasteiger partial charge >= 0.3 is 0 Å². The van der Waals surface area contributed by atoms with Crippen LogP contribution in [0, 0.1) is 6.92 Å². The van der Waals surface area contributed by atoms with Crippen molar-refractivity contribution in [3.05, 3.63) is 54.2 Å². The van der Waals surface area contributed by atoms with E-state index >= 15 is 0 Å². The smallest absolute Gasteiger partial charge is 0.213 e. The SMILES string of the molecule is CCC(N)CCOc1ccc(-c2ccc3ncc4c(C)nc([C@]5(C)CNC[C@@H](C)O5)n4c3c2)cn1. The van der Waals surface area contributed by atoms with Gasteiger partial charge in [0, 0.05) is 37.0 Å². The Kier molecular flexibility index (Phi) is 6.44. The zero-order valence-electron chi connectivity index (χ0n) is 20.9. The van der Waals surface area contributed by atoms with Gasteiger partial charge in [-0.25, -0.2) is 9.97 Å². The van der Waals surface area contributed by atoms with Crippen LogP contribution in [0.5, 0.6) is 5.88 Å². The molecule has 3 N–H and O–H groups in total. The van der Waals surface area contributed by atoms with E-state index in [1.165, 1.54) is 0 Å². The Morgan fingerprint density at radius 3 is 2.77 bits per heavy atom. The fourth-order valence-corrected chi connectivity index (χ4v) is 4.74. The molecule has 3 atom stereocenters. The van der Waals surface area contributed by atoms with Gasteiger partial charge in [0.1, 0.15) is 11.4 Å². The van der Waals surface area contributed by atoms with Crippen molar-refractivity contribution in [1.82, 2.24) is 24.7 Å². The predicted octanol–water partition coefficient (Wildman–Crippen LogP) is 3.98. The first-order valence-corrected chi connectivity index (χ1v) is 12.4. The van der Waals surface area contributed by atoms with Gasteiger partial charge in [0.2, 0.25) is 5.88 Å². The second-order valence-corrected chi connectivity index (χ2v) is 9.68. The number of nitrogens with zero attached hydrogens (tertiary/aromatic N) is 4. The molecule has 1 aromatic carbocycles. The average molecular weight is 475 g/mol. The van der Waals surface area contributed by atoms with Crippen LogP contribution in [-0.2, 0) is 10.3 Å². The van der Waals surface area contributed by atoms with Crippen LogP contribution in [0.1, 0.15) is 45.1 Å². The topological polar surface area (TPSA) is 99.6 Å². The molecule has 35 heavy (non-hydrogen) atoms. The van der Waals surface area contributed by atoms with Gasteiger partial charge in [-0.15, -0.1) is 0 Å². The van der Waals surface area contributed by atoms with E-state index in [0.717, 1.165) is 58.6 Å². The average Bonchev–Trinajstić information content (AvgIpc) is 3.21. The number of pyridine rings is 1. The largest absolute Gasteiger partial charge is 0.478 e. The Bertz CT molecular complexity index is 1340. The minimum atomic E-state index is -0.542. The first kappa shape index (κ1) is 23.7. The van der Waals surface area contributed by atoms with Gasteiger partial charge in [0.05, 0.1) is 41.2 Å². The molecule has 8 nitrogen and oxygen atoms in total. The fourth-order valence-electron chi connectivity index (χ4n) is 4.74. The van der Waals surface area contributed by atoms with Gasteiger partial charge in [-0.2, -0.15) is 0 Å². The number of nitrogens with two attached hydrogens (primary N) is 1. The lowest BCUT2D eigenvalue weighted by molar-refractivity contribution is -0.108. The normalized spacial score (nSPS) is 21.5. The molecule has 0 radical (unpaired) electrons. The summed E-state index contributed by atoms with van der Waals surface area (Å²) < 4.78 is 14.4. The number of hydrogen-bond donors (Lipinski definition) is 2. The van der Waals surface area contributed by atoms with E-state index in [4.69, 9.17) is 25.2 Å². The highest BCUT2D eigenvalue weighted by Gasteiger charge is 2.37. The van der Waals surface area contributed by atoms with E-state index in [1.807, 2.05) is 37.5 Å². The summed E-state index contributed by atoms with van der Waals surface area (Å²) in [7, 11) is 0. The number of nitrogens with one attached hydrogen (secondary N) is 1. The molecule has 0 spiro atoms. The molecular weight excluding hydrogens is 440 g/mol. The summed E-state index contributed by atoms with van der Waals surface area (Å²) in [4.78, 5) is 14.2. The third-order valence-corrected chi connectivity index (χ3v) is 6.80. The summed E-state index contributed by atoms with van der Waals surface area (Å²) in [6, 6.07) is 10.4. The Morgan fingerprint density at radius 2 is 2.03 bits per heavy atom. The van der Waals surface area contributed by atoms with Crippen molar-refractivity contribution < 1.29 is 9.47 Å². The molecule has 184 valence electrons. The van der Waals surface area contributed by atoms with E-state index in [-0.39, 0.29) is 12.1 Å². The molecule has 1 saturated heterocycles. The molecule has 0 bridgehead atoms. The zero-order chi connectivity index (χ0) is 24.6. The number of rotatable bonds is 7. The van der Waals surface area contributed by atoms with E-state index in [9.17, 15) is 0 Å². The lowest BCUT2D eigenvalue weighted by atomic mass is 10.0. The molecule has 3 aromatic heterocycles. The lowest BCUT2D eigenvalue weighted by Gasteiger charge is -2.37. The molecule has 0 aliphatic carbocycles. The van der Waals surface area contributed by atoms with Crippen LogP contribution < -0.4 is 15.8 Å². The summed E-state index contributed by atoms with van der Waals surface area (Å²) in [6.07, 6.45) is 5.61. The van der Waals surface area contributed by atoms with E-state index in [1.54, 1.807) is 0 Å². The van der Waals surface area contributed by atoms with Crippen LogP contribution in [0.3, 0.4) is 0 Å². The molecule has 4 aromatic rings. The van der Waals surface area contributed by atoms with Gasteiger partial charge in [-0.1, -0.05) is 13.0 Å². The van der Waals surface area contributed by atoms with Crippen LogP contribution in [0.2, 0.25) is 0 Å². The van der Waals surface area contributed by atoms with Crippen molar-refractivity contribution in [3.8, 4) is 17.0 Å². The molecule has 0 saturated carbocycles. The molecular formula is C27H34N6O2. The Labute approximate surface area is 205 Å². The van der Waals surface area contributed by atoms with Crippen LogP contribution >= 0.6 is 0 Å². The van der Waals surface area contributed by atoms with Gasteiger partial charge < -0.3 is 20.5 Å². The zero-order valence-corrected chi connectivity index (χ0v) is 20.9. The highest BCUT2D eigenvalue weighted by Crippen LogP contribution is 2.33. The van der Waals surface area contributed by atoms with Crippen molar-refractivity contribution in [2.24, 2.45) is 5.73 Å². The number of ether oxygens (including phenoxy) is 2. The maximum Gasteiger partial charge on any atom is 0.213 e. The minimum absolute atomic E-state index is 0.106. The molecule has 1 fully saturated rings. The lowest BCUT2D eigenvalue weighted by Crippen LogP contribution is -2.50. The van der Waals surface area contributed by atoms with Crippen molar-refractivity contribution in [1.29, 1.82) is 0 Å². The Hall–Kier alpha value is -3.07. The standard InChI is InChI=1S/C27H34N6O2/c1-5-21(28)10-11-34-25-9-7-20(14-31-25)19-6-8-22-23(12-19)33-24(15-30-22)18(3)32-26(33)27(4)16-29-13-17(2)35-27/h6-9,12,14-15,17,21,29H,5,10-11,13,16,28H2,1-4H3/t17-,21?,27+/m1/s1. The third kappa shape index (κ3) is 4.61. The minimum Gasteiger partial charge on any atom is -0.478 e.